The molecule has 0 saturated carbocycles. The lowest BCUT2D eigenvalue weighted by molar-refractivity contribution is -0.113. The van der Waals surface area contributed by atoms with E-state index in [0.29, 0.717) is 9.63 Å². The summed E-state index contributed by atoms with van der Waals surface area (Å²) >= 11 is 4.37. The van der Waals surface area contributed by atoms with Gasteiger partial charge in [0, 0.05) is 29.0 Å². The predicted molar refractivity (Wildman–Crippen MR) is 107 cm³/mol. The highest BCUT2D eigenvalue weighted by molar-refractivity contribution is 9.10. The fraction of sp³-hybridized carbons (Fsp3) is 0.222. The van der Waals surface area contributed by atoms with Crippen LogP contribution in [0, 0.1) is 12.7 Å². The molecule has 0 aliphatic heterocycles. The molecule has 9 heteroatoms. The highest BCUT2D eigenvalue weighted by Crippen LogP contribution is 2.23. The molecule has 1 aromatic carbocycles. The number of rotatable bonds is 6. The zero-order valence-electron chi connectivity index (χ0n) is 14.7. The van der Waals surface area contributed by atoms with Crippen LogP contribution in [0.2, 0.25) is 0 Å². The van der Waals surface area contributed by atoms with Crippen molar-refractivity contribution >= 4 is 39.3 Å². The van der Waals surface area contributed by atoms with Crippen molar-refractivity contribution in [2.45, 2.75) is 25.5 Å². The smallest absolute Gasteiger partial charge is 0.234 e. The van der Waals surface area contributed by atoms with Crippen molar-refractivity contribution < 1.29 is 9.18 Å². The van der Waals surface area contributed by atoms with E-state index < -0.39 is 5.82 Å². The second kappa shape index (κ2) is 8.62. The van der Waals surface area contributed by atoms with Crippen LogP contribution in [0.1, 0.15) is 12.6 Å². The third-order valence-electron chi connectivity index (χ3n) is 3.72. The number of nitrogens with zero attached hydrogens (tertiary/aromatic N) is 4. The average Bonchev–Trinajstić information content (AvgIpc) is 3.03. The highest BCUT2D eigenvalue weighted by Gasteiger charge is 2.12. The van der Waals surface area contributed by atoms with E-state index >= 15 is 0 Å². The molecule has 0 aliphatic carbocycles. The number of carbonyl (C=O) groups excluding carboxylic acids is 1. The molecule has 0 spiro atoms. The Morgan fingerprint density at radius 1 is 1.37 bits per heavy atom. The van der Waals surface area contributed by atoms with Gasteiger partial charge in [0.15, 0.2) is 5.16 Å². The molecule has 6 nitrogen and oxygen atoms in total. The second-order valence-electron chi connectivity index (χ2n) is 5.67. The number of benzene rings is 1. The molecule has 2 heterocycles. The van der Waals surface area contributed by atoms with E-state index in [2.05, 4.69) is 36.3 Å². The van der Waals surface area contributed by atoms with Gasteiger partial charge in [0.05, 0.1) is 22.8 Å². The van der Waals surface area contributed by atoms with Crippen LogP contribution in [-0.4, -0.2) is 31.4 Å². The summed E-state index contributed by atoms with van der Waals surface area (Å²) in [5.41, 5.74) is 2.71. The number of aromatic nitrogens is 4. The molecule has 0 radical (unpaired) electrons. The number of nitrogens with one attached hydrogen (secondary N) is 1. The van der Waals surface area contributed by atoms with E-state index in [1.54, 1.807) is 12.3 Å². The summed E-state index contributed by atoms with van der Waals surface area (Å²) in [6.07, 6.45) is 3.59. The lowest BCUT2D eigenvalue weighted by Crippen LogP contribution is -2.15. The quantitative estimate of drug-likeness (QED) is 0.448. The van der Waals surface area contributed by atoms with Crippen LogP contribution in [0.4, 0.5) is 10.1 Å². The minimum Gasteiger partial charge on any atom is -0.323 e. The summed E-state index contributed by atoms with van der Waals surface area (Å²) in [5.74, 6) is -0.749. The lowest BCUT2D eigenvalue weighted by atomic mass is 10.2. The highest BCUT2D eigenvalue weighted by atomic mass is 79.9. The molecule has 0 aliphatic rings. The minimum absolute atomic E-state index is 0.0756. The molecular formula is C18H17BrFN5OS. The largest absolute Gasteiger partial charge is 0.323 e. The van der Waals surface area contributed by atoms with Crippen molar-refractivity contribution in [2.24, 2.45) is 0 Å². The van der Waals surface area contributed by atoms with Gasteiger partial charge in [-0.3, -0.25) is 9.48 Å². The van der Waals surface area contributed by atoms with Gasteiger partial charge in [0.25, 0.3) is 0 Å². The lowest BCUT2D eigenvalue weighted by Gasteiger charge is -2.06. The summed E-state index contributed by atoms with van der Waals surface area (Å²) in [6.45, 7) is 4.72. The van der Waals surface area contributed by atoms with Crippen molar-refractivity contribution in [1.29, 1.82) is 0 Å². The van der Waals surface area contributed by atoms with E-state index in [1.165, 1.54) is 23.9 Å². The molecule has 3 aromatic rings. The number of thioether (sulfide) groups is 1. The zero-order chi connectivity index (χ0) is 19.4. The predicted octanol–water partition coefficient (Wildman–Crippen LogP) is 4.30. The molecule has 0 atom stereocenters. The third-order valence-corrected chi connectivity index (χ3v) is 5.07. The van der Waals surface area contributed by atoms with Crippen LogP contribution in [-0.2, 0) is 11.3 Å². The van der Waals surface area contributed by atoms with Crippen LogP contribution >= 0.6 is 27.7 Å². The maximum Gasteiger partial charge on any atom is 0.234 e. The van der Waals surface area contributed by atoms with Crippen molar-refractivity contribution in [2.75, 3.05) is 11.1 Å². The molecule has 27 heavy (non-hydrogen) atoms. The van der Waals surface area contributed by atoms with Gasteiger partial charge in [-0.15, -0.1) is 0 Å². The summed E-state index contributed by atoms with van der Waals surface area (Å²) in [4.78, 5) is 20.8. The summed E-state index contributed by atoms with van der Waals surface area (Å²) in [5, 5.41) is 7.44. The fourth-order valence-electron chi connectivity index (χ4n) is 2.40. The maximum atomic E-state index is 13.8. The number of carbonyl (C=O) groups is 1. The number of hydrogen-bond acceptors (Lipinski definition) is 5. The Morgan fingerprint density at radius 3 is 2.89 bits per heavy atom. The zero-order valence-corrected chi connectivity index (χ0v) is 17.1. The average molecular weight is 450 g/mol. The van der Waals surface area contributed by atoms with Crippen molar-refractivity contribution in [3.8, 4) is 11.3 Å². The van der Waals surface area contributed by atoms with E-state index in [-0.39, 0.29) is 17.3 Å². The van der Waals surface area contributed by atoms with Crippen molar-refractivity contribution in [3.63, 3.8) is 0 Å². The Morgan fingerprint density at radius 2 is 2.19 bits per heavy atom. The first-order chi connectivity index (χ1) is 13.0. The van der Waals surface area contributed by atoms with Crippen molar-refractivity contribution in [1.82, 2.24) is 19.7 Å². The first-order valence-electron chi connectivity index (χ1n) is 8.21. The van der Waals surface area contributed by atoms with E-state index in [0.717, 1.165) is 23.5 Å². The molecule has 1 amide bonds. The monoisotopic (exact) mass is 449 g/mol. The normalized spacial score (nSPS) is 10.8. The topological polar surface area (TPSA) is 72.7 Å². The Labute approximate surface area is 168 Å². The fourth-order valence-corrected chi connectivity index (χ4v) is 3.36. The van der Waals surface area contributed by atoms with E-state index in [9.17, 15) is 9.18 Å². The van der Waals surface area contributed by atoms with Gasteiger partial charge in [-0.2, -0.15) is 5.10 Å². The van der Waals surface area contributed by atoms with Gasteiger partial charge in [-0.1, -0.05) is 27.7 Å². The van der Waals surface area contributed by atoms with Gasteiger partial charge in [-0.25, -0.2) is 14.4 Å². The minimum atomic E-state index is -0.496. The molecule has 2 aromatic heterocycles. The first kappa shape index (κ1) is 19.5. The maximum absolute atomic E-state index is 13.8. The Bertz CT molecular complexity index is 978. The van der Waals surface area contributed by atoms with Crippen LogP contribution in [0.15, 0.2) is 46.3 Å². The van der Waals surface area contributed by atoms with Gasteiger partial charge >= 0.3 is 0 Å². The molecule has 0 bridgehead atoms. The van der Waals surface area contributed by atoms with Gasteiger partial charge in [-0.05, 0) is 38.1 Å². The third kappa shape index (κ3) is 4.92. The van der Waals surface area contributed by atoms with Crippen LogP contribution in [0.5, 0.6) is 0 Å². The number of aryl methyl sites for hydroxylation is 2. The Balaban J connectivity index is 1.66. The Kier molecular flexibility index (Phi) is 6.22. The van der Waals surface area contributed by atoms with E-state index in [4.69, 9.17) is 0 Å². The van der Waals surface area contributed by atoms with Gasteiger partial charge < -0.3 is 5.32 Å². The van der Waals surface area contributed by atoms with Gasteiger partial charge in [0.2, 0.25) is 5.91 Å². The summed E-state index contributed by atoms with van der Waals surface area (Å²) in [7, 11) is 0. The number of halogens is 2. The number of anilines is 1. The van der Waals surface area contributed by atoms with Crippen LogP contribution < -0.4 is 5.32 Å². The van der Waals surface area contributed by atoms with Gasteiger partial charge in [0.1, 0.15) is 5.82 Å². The Hall–Kier alpha value is -2.26. The molecule has 1 N–H and O–H groups in total. The summed E-state index contributed by atoms with van der Waals surface area (Å²) in [6, 6.07) is 6.28. The molecule has 0 fully saturated rings. The standard InChI is InChI=1S/C18H17BrFN5OS/c1-3-25-9-13(11(2)24-25)15-6-7-21-18(23-15)27-10-17(26)22-16-5-4-12(19)8-14(16)20/h4-9H,3,10H2,1-2H3,(H,22,26). The summed E-state index contributed by atoms with van der Waals surface area (Å²) < 4.78 is 16.3. The molecule has 0 saturated heterocycles. The number of amides is 1. The van der Waals surface area contributed by atoms with Crippen LogP contribution in [0.3, 0.4) is 0 Å². The van der Waals surface area contributed by atoms with E-state index in [1.807, 2.05) is 30.8 Å². The SMILES string of the molecule is CCn1cc(-c2ccnc(SCC(=O)Nc3ccc(Br)cc3F)n2)c(C)n1. The number of hydrogen-bond donors (Lipinski definition) is 1. The molecular weight excluding hydrogens is 433 g/mol. The van der Waals surface area contributed by atoms with Crippen LogP contribution in [0.25, 0.3) is 11.3 Å². The molecule has 140 valence electrons. The first-order valence-corrected chi connectivity index (χ1v) is 9.99. The second-order valence-corrected chi connectivity index (χ2v) is 7.53. The molecule has 3 rings (SSSR count). The molecule has 0 unspecified atom stereocenters. The van der Waals surface area contributed by atoms with Crippen molar-refractivity contribution in [3.05, 3.63) is 52.6 Å².